The molecule has 3 N–H and O–H groups in total. The van der Waals surface area contributed by atoms with Crippen molar-refractivity contribution >= 4 is 6.21 Å². The van der Waals surface area contributed by atoms with Crippen LogP contribution in [0.15, 0.2) is 11.8 Å². The third-order valence-electron chi connectivity index (χ3n) is 0.491. The van der Waals surface area contributed by atoms with E-state index < -0.39 is 0 Å². The van der Waals surface area contributed by atoms with Crippen molar-refractivity contribution in [2.45, 2.75) is 20.8 Å². The Kier molecular flexibility index (Phi) is 12.2. The SMILES string of the molecule is C/C(C=N)=C/N.CC. The van der Waals surface area contributed by atoms with Gasteiger partial charge in [-0.1, -0.05) is 13.8 Å². The van der Waals surface area contributed by atoms with Crippen LogP contribution in [-0.4, -0.2) is 6.21 Å². The topological polar surface area (TPSA) is 49.9 Å². The summed E-state index contributed by atoms with van der Waals surface area (Å²) in [6.45, 7) is 5.77. The molecule has 8 heavy (non-hydrogen) atoms. The lowest BCUT2D eigenvalue weighted by molar-refractivity contribution is 1.45. The highest BCUT2D eigenvalue weighted by Gasteiger charge is 1.69. The highest BCUT2D eigenvalue weighted by molar-refractivity contribution is 5.74. The summed E-state index contributed by atoms with van der Waals surface area (Å²) >= 11 is 0. The smallest absolute Gasteiger partial charge is 0.0221 e. The van der Waals surface area contributed by atoms with Gasteiger partial charge in [0.05, 0.1) is 0 Å². The summed E-state index contributed by atoms with van der Waals surface area (Å²) in [5.74, 6) is 0. The second kappa shape index (κ2) is 9.51. The summed E-state index contributed by atoms with van der Waals surface area (Å²) in [7, 11) is 0. The van der Waals surface area contributed by atoms with Crippen molar-refractivity contribution in [3.63, 3.8) is 0 Å². The molecule has 0 bridgehead atoms. The Bertz CT molecular complexity index is 74.6. The molecule has 0 aliphatic heterocycles. The van der Waals surface area contributed by atoms with Crippen LogP contribution in [0, 0.1) is 5.41 Å². The third-order valence-corrected chi connectivity index (χ3v) is 0.491. The third kappa shape index (κ3) is 8.96. The number of hydrogen-bond donors (Lipinski definition) is 2. The van der Waals surface area contributed by atoms with Crippen molar-refractivity contribution in [3.05, 3.63) is 11.8 Å². The Morgan fingerprint density at radius 2 is 1.88 bits per heavy atom. The minimum absolute atomic E-state index is 0.787. The van der Waals surface area contributed by atoms with E-state index in [2.05, 4.69) is 0 Å². The van der Waals surface area contributed by atoms with Gasteiger partial charge in [0.2, 0.25) is 0 Å². The second-order valence-electron chi connectivity index (χ2n) is 1.06. The summed E-state index contributed by atoms with van der Waals surface area (Å²) < 4.78 is 0. The average Bonchev–Trinajstić information content (AvgIpc) is 1.91. The van der Waals surface area contributed by atoms with Crippen LogP contribution in [0.5, 0.6) is 0 Å². The lowest BCUT2D eigenvalue weighted by Gasteiger charge is -1.77. The van der Waals surface area contributed by atoms with E-state index in [-0.39, 0.29) is 0 Å². The molecular formula is C6H14N2. The van der Waals surface area contributed by atoms with Crippen LogP contribution in [0.4, 0.5) is 0 Å². The maximum absolute atomic E-state index is 6.54. The molecule has 0 saturated carbocycles. The highest BCUT2D eigenvalue weighted by atomic mass is 14.5. The molecule has 0 rings (SSSR count). The highest BCUT2D eigenvalue weighted by Crippen LogP contribution is 1.76. The number of allylic oxidation sites excluding steroid dienone is 1. The van der Waals surface area contributed by atoms with Crippen LogP contribution in [-0.2, 0) is 0 Å². The van der Waals surface area contributed by atoms with E-state index >= 15 is 0 Å². The van der Waals surface area contributed by atoms with Crippen LogP contribution >= 0.6 is 0 Å². The van der Waals surface area contributed by atoms with Crippen molar-refractivity contribution < 1.29 is 0 Å². The van der Waals surface area contributed by atoms with Gasteiger partial charge in [-0.2, -0.15) is 0 Å². The normalized spacial score (nSPS) is 9.12. The van der Waals surface area contributed by atoms with Gasteiger partial charge in [-0.15, -0.1) is 0 Å². The molecule has 0 radical (unpaired) electrons. The molecule has 0 unspecified atom stereocenters. The van der Waals surface area contributed by atoms with Gasteiger partial charge in [0.1, 0.15) is 0 Å². The fourth-order valence-electron chi connectivity index (χ4n) is 0.0481. The average molecular weight is 114 g/mol. The number of hydrogen-bond acceptors (Lipinski definition) is 2. The van der Waals surface area contributed by atoms with Crippen LogP contribution in [0.2, 0.25) is 0 Å². The van der Waals surface area contributed by atoms with E-state index in [9.17, 15) is 0 Å². The molecule has 2 nitrogen and oxygen atoms in total. The fraction of sp³-hybridized carbons (Fsp3) is 0.500. The molecule has 0 fully saturated rings. The molecule has 0 spiro atoms. The number of nitrogens with two attached hydrogens (primary N) is 1. The van der Waals surface area contributed by atoms with E-state index in [1.807, 2.05) is 13.8 Å². The predicted octanol–water partition coefficient (Wildman–Crippen LogP) is 1.52. The van der Waals surface area contributed by atoms with Crippen LogP contribution in [0.25, 0.3) is 0 Å². The monoisotopic (exact) mass is 114 g/mol. The van der Waals surface area contributed by atoms with Crippen molar-refractivity contribution in [1.82, 2.24) is 0 Å². The van der Waals surface area contributed by atoms with Crippen molar-refractivity contribution in [1.29, 1.82) is 5.41 Å². The van der Waals surface area contributed by atoms with E-state index in [1.54, 1.807) is 6.92 Å². The van der Waals surface area contributed by atoms with Crippen LogP contribution < -0.4 is 5.73 Å². The molecule has 0 aromatic carbocycles. The number of rotatable bonds is 1. The summed E-state index contributed by atoms with van der Waals surface area (Å²) in [6.07, 6.45) is 2.60. The van der Waals surface area contributed by atoms with Gasteiger partial charge in [0, 0.05) is 6.21 Å². The molecular weight excluding hydrogens is 100 g/mol. The molecule has 0 heterocycles. The minimum Gasteiger partial charge on any atom is -0.404 e. The Morgan fingerprint density at radius 1 is 1.50 bits per heavy atom. The van der Waals surface area contributed by atoms with Gasteiger partial charge < -0.3 is 11.1 Å². The largest absolute Gasteiger partial charge is 0.404 e. The maximum Gasteiger partial charge on any atom is 0.0221 e. The Balaban J connectivity index is 0. The molecule has 2 heteroatoms. The van der Waals surface area contributed by atoms with E-state index in [0.717, 1.165) is 5.57 Å². The lowest BCUT2D eigenvalue weighted by atomic mass is 10.4. The van der Waals surface area contributed by atoms with Gasteiger partial charge in [-0.05, 0) is 18.7 Å². The first-order valence-electron chi connectivity index (χ1n) is 2.70. The zero-order chi connectivity index (χ0) is 6.99. The predicted molar refractivity (Wildman–Crippen MR) is 38.1 cm³/mol. The first kappa shape index (κ1) is 10.2. The minimum atomic E-state index is 0.787. The van der Waals surface area contributed by atoms with Gasteiger partial charge in [0.25, 0.3) is 0 Å². The summed E-state index contributed by atoms with van der Waals surface area (Å²) in [5, 5.41) is 6.54. The van der Waals surface area contributed by atoms with E-state index in [1.165, 1.54) is 12.4 Å². The van der Waals surface area contributed by atoms with Gasteiger partial charge in [-0.3, -0.25) is 0 Å². The quantitative estimate of drug-likeness (QED) is 0.499. The first-order chi connectivity index (χ1) is 3.81. The molecule has 0 aromatic rings. The number of nitrogens with one attached hydrogen (secondary N) is 1. The lowest BCUT2D eigenvalue weighted by Crippen LogP contribution is -1.82. The van der Waals surface area contributed by atoms with Gasteiger partial charge in [0.15, 0.2) is 0 Å². The summed E-state index contributed by atoms with van der Waals surface area (Å²) in [6, 6.07) is 0. The van der Waals surface area contributed by atoms with Crippen LogP contribution in [0.1, 0.15) is 20.8 Å². The van der Waals surface area contributed by atoms with E-state index in [0.29, 0.717) is 0 Å². The Labute approximate surface area is 50.9 Å². The van der Waals surface area contributed by atoms with Crippen molar-refractivity contribution in [2.24, 2.45) is 5.73 Å². The first-order valence-corrected chi connectivity index (χ1v) is 2.70. The standard InChI is InChI=1S/C4H8N2.C2H6/c1-4(2-5)3-6;1-2/h2-3,5H,6H2,1H3;1-2H3/b4-3-,5-2?;. The Hall–Kier alpha value is -0.790. The maximum atomic E-state index is 6.54. The van der Waals surface area contributed by atoms with Crippen molar-refractivity contribution in [2.75, 3.05) is 0 Å². The molecule has 0 aromatic heterocycles. The molecule has 0 aliphatic rings. The fourth-order valence-corrected chi connectivity index (χ4v) is 0.0481. The summed E-state index contributed by atoms with van der Waals surface area (Å²) in [4.78, 5) is 0. The second-order valence-corrected chi connectivity index (χ2v) is 1.06. The van der Waals surface area contributed by atoms with Crippen LogP contribution in [0.3, 0.4) is 0 Å². The van der Waals surface area contributed by atoms with Gasteiger partial charge >= 0.3 is 0 Å². The van der Waals surface area contributed by atoms with E-state index in [4.69, 9.17) is 11.1 Å². The van der Waals surface area contributed by atoms with Gasteiger partial charge in [-0.25, -0.2) is 0 Å². The zero-order valence-electron chi connectivity index (χ0n) is 5.73. The molecule has 0 aliphatic carbocycles. The Morgan fingerprint density at radius 3 is 1.88 bits per heavy atom. The molecule has 0 saturated heterocycles. The molecule has 0 amide bonds. The van der Waals surface area contributed by atoms with Crippen molar-refractivity contribution in [3.8, 4) is 0 Å². The zero-order valence-corrected chi connectivity index (χ0v) is 5.73. The molecule has 48 valence electrons. The molecule has 0 atom stereocenters. The summed E-state index contributed by atoms with van der Waals surface area (Å²) in [5.41, 5.74) is 5.76.